The van der Waals surface area contributed by atoms with Gasteiger partial charge in [-0.1, -0.05) is 81.7 Å². The molecule has 0 heterocycles. The summed E-state index contributed by atoms with van der Waals surface area (Å²) in [5, 5.41) is 0. The maximum Gasteiger partial charge on any atom is -0.0348 e. The Balaban J connectivity index is 3.41. The molecule has 0 radical (unpaired) electrons. The molecule has 0 unspecified atom stereocenters. The second-order valence-electron chi connectivity index (χ2n) is 3.88. The van der Waals surface area contributed by atoms with E-state index in [1.165, 1.54) is 32.1 Å². The predicted molar refractivity (Wildman–Crippen MR) is 75.6 cm³/mol. The van der Waals surface area contributed by atoms with Crippen molar-refractivity contribution in [2.75, 3.05) is 0 Å². The van der Waals surface area contributed by atoms with E-state index in [1.807, 2.05) is 0 Å². The molecule has 0 nitrogen and oxygen atoms in total. The Labute approximate surface area is 101 Å². The smallest absolute Gasteiger partial charge is 0.0348 e. The van der Waals surface area contributed by atoms with Gasteiger partial charge in [-0.2, -0.15) is 0 Å². The summed E-state index contributed by atoms with van der Waals surface area (Å²) >= 11 is 0. The van der Waals surface area contributed by atoms with E-state index >= 15 is 0 Å². The van der Waals surface area contributed by atoms with Crippen LogP contribution >= 0.6 is 0 Å². The first-order chi connectivity index (χ1) is 7.91. The zero-order valence-electron chi connectivity index (χ0n) is 10.9. The van der Waals surface area contributed by atoms with Crippen LogP contribution in [0.4, 0.5) is 0 Å². The molecule has 0 aliphatic carbocycles. The Hall–Kier alpha value is -1.04. The van der Waals surface area contributed by atoms with E-state index in [-0.39, 0.29) is 0 Å². The van der Waals surface area contributed by atoms with Gasteiger partial charge in [-0.3, -0.25) is 0 Å². The largest absolute Gasteiger partial charge is 0.0848 e. The van der Waals surface area contributed by atoms with Crippen molar-refractivity contribution in [3.05, 3.63) is 48.6 Å². The number of allylic oxidation sites excluding steroid dienone is 8. The Kier molecular flexibility index (Phi) is 13.1. The van der Waals surface area contributed by atoms with Crippen LogP contribution in [0.3, 0.4) is 0 Å². The van der Waals surface area contributed by atoms with Crippen LogP contribution in [0.2, 0.25) is 0 Å². The van der Waals surface area contributed by atoms with Crippen LogP contribution in [0.25, 0.3) is 0 Å². The van der Waals surface area contributed by atoms with Crippen LogP contribution in [0.5, 0.6) is 0 Å². The molecule has 0 bridgehead atoms. The first kappa shape index (κ1) is 15.0. The van der Waals surface area contributed by atoms with E-state index in [0.29, 0.717) is 0 Å². The van der Waals surface area contributed by atoms with Crippen molar-refractivity contribution >= 4 is 0 Å². The van der Waals surface area contributed by atoms with Crippen molar-refractivity contribution in [2.45, 2.75) is 52.4 Å². The van der Waals surface area contributed by atoms with Gasteiger partial charge in [0.15, 0.2) is 0 Å². The Morgan fingerprint density at radius 2 is 1.25 bits per heavy atom. The van der Waals surface area contributed by atoms with Crippen LogP contribution < -0.4 is 0 Å². The molecule has 0 atom stereocenters. The molecule has 0 saturated heterocycles. The molecule has 0 rings (SSSR count). The Morgan fingerprint density at radius 1 is 0.625 bits per heavy atom. The highest BCUT2D eigenvalue weighted by atomic mass is 13.9. The SMILES string of the molecule is CC/C=C/C=C/C=C/C=C/CCCCCC. The number of hydrogen-bond donors (Lipinski definition) is 0. The van der Waals surface area contributed by atoms with Gasteiger partial charge in [-0.05, 0) is 19.3 Å². The topological polar surface area (TPSA) is 0 Å². The third kappa shape index (κ3) is 13.0. The second kappa shape index (κ2) is 14.0. The summed E-state index contributed by atoms with van der Waals surface area (Å²) in [5.41, 5.74) is 0. The fraction of sp³-hybridized carbons (Fsp3) is 0.500. The minimum atomic E-state index is 1.10. The standard InChI is InChI=1S/C16H26/c1-3-5-7-9-11-13-15-16-14-12-10-8-6-4-2/h5,7,9,11,13-16H,3-4,6,8,10,12H2,1-2H3/b7-5+,11-9+,15-13+,16-14+. The van der Waals surface area contributed by atoms with Crippen molar-refractivity contribution in [1.29, 1.82) is 0 Å². The molecule has 0 amide bonds. The number of hydrogen-bond acceptors (Lipinski definition) is 0. The van der Waals surface area contributed by atoms with Crippen molar-refractivity contribution < 1.29 is 0 Å². The molecule has 0 saturated carbocycles. The average molecular weight is 218 g/mol. The fourth-order valence-corrected chi connectivity index (χ4v) is 1.34. The second-order valence-corrected chi connectivity index (χ2v) is 3.88. The van der Waals surface area contributed by atoms with Gasteiger partial charge in [-0.15, -0.1) is 0 Å². The normalized spacial score (nSPS) is 12.9. The van der Waals surface area contributed by atoms with Gasteiger partial charge in [0, 0.05) is 0 Å². The summed E-state index contributed by atoms with van der Waals surface area (Å²) in [6.07, 6.45) is 24.6. The first-order valence-corrected chi connectivity index (χ1v) is 6.56. The third-order valence-corrected chi connectivity index (χ3v) is 2.29. The molecule has 0 aliphatic rings. The van der Waals surface area contributed by atoms with Gasteiger partial charge < -0.3 is 0 Å². The van der Waals surface area contributed by atoms with E-state index in [0.717, 1.165) is 6.42 Å². The molecule has 0 aromatic heterocycles. The summed E-state index contributed by atoms with van der Waals surface area (Å²) in [4.78, 5) is 0. The highest BCUT2D eigenvalue weighted by Gasteiger charge is 1.82. The molecular weight excluding hydrogens is 192 g/mol. The molecule has 0 N–H and O–H groups in total. The van der Waals surface area contributed by atoms with Gasteiger partial charge in [0.2, 0.25) is 0 Å². The first-order valence-electron chi connectivity index (χ1n) is 6.56. The van der Waals surface area contributed by atoms with Gasteiger partial charge in [0.05, 0.1) is 0 Å². The molecule has 0 aromatic rings. The van der Waals surface area contributed by atoms with Crippen LogP contribution in [0, 0.1) is 0 Å². The lowest BCUT2D eigenvalue weighted by molar-refractivity contribution is 0.674. The van der Waals surface area contributed by atoms with Crippen LogP contribution in [-0.2, 0) is 0 Å². The highest BCUT2D eigenvalue weighted by Crippen LogP contribution is 2.02. The quantitative estimate of drug-likeness (QED) is 0.349. The summed E-state index contributed by atoms with van der Waals surface area (Å²) in [7, 11) is 0. The average Bonchev–Trinajstić information content (AvgIpc) is 2.31. The van der Waals surface area contributed by atoms with Crippen molar-refractivity contribution in [1.82, 2.24) is 0 Å². The zero-order valence-corrected chi connectivity index (χ0v) is 10.9. The molecule has 16 heavy (non-hydrogen) atoms. The minimum Gasteiger partial charge on any atom is -0.0848 e. The van der Waals surface area contributed by atoms with E-state index in [2.05, 4.69) is 62.5 Å². The van der Waals surface area contributed by atoms with Crippen LogP contribution in [0.15, 0.2) is 48.6 Å². The summed E-state index contributed by atoms with van der Waals surface area (Å²) in [6, 6.07) is 0. The molecule has 90 valence electrons. The summed E-state index contributed by atoms with van der Waals surface area (Å²) < 4.78 is 0. The van der Waals surface area contributed by atoms with Gasteiger partial charge in [-0.25, -0.2) is 0 Å². The zero-order chi connectivity index (χ0) is 11.9. The lowest BCUT2D eigenvalue weighted by Crippen LogP contribution is -1.72. The fourth-order valence-electron chi connectivity index (χ4n) is 1.34. The van der Waals surface area contributed by atoms with Crippen molar-refractivity contribution in [3.63, 3.8) is 0 Å². The Bertz CT molecular complexity index is 228. The van der Waals surface area contributed by atoms with Crippen LogP contribution in [-0.4, -0.2) is 0 Å². The summed E-state index contributed by atoms with van der Waals surface area (Å²) in [5.74, 6) is 0. The summed E-state index contributed by atoms with van der Waals surface area (Å²) in [6.45, 7) is 4.39. The molecule has 0 spiro atoms. The highest BCUT2D eigenvalue weighted by molar-refractivity contribution is 5.15. The van der Waals surface area contributed by atoms with Gasteiger partial charge >= 0.3 is 0 Å². The van der Waals surface area contributed by atoms with E-state index < -0.39 is 0 Å². The third-order valence-electron chi connectivity index (χ3n) is 2.29. The van der Waals surface area contributed by atoms with Crippen LogP contribution in [0.1, 0.15) is 52.4 Å². The lowest BCUT2D eigenvalue weighted by atomic mass is 10.1. The van der Waals surface area contributed by atoms with E-state index in [4.69, 9.17) is 0 Å². The molecule has 0 heteroatoms. The molecule has 0 aliphatic heterocycles. The Morgan fingerprint density at radius 3 is 1.88 bits per heavy atom. The monoisotopic (exact) mass is 218 g/mol. The van der Waals surface area contributed by atoms with Gasteiger partial charge in [0.25, 0.3) is 0 Å². The maximum absolute atomic E-state index is 2.25. The van der Waals surface area contributed by atoms with Crippen molar-refractivity contribution in [2.24, 2.45) is 0 Å². The van der Waals surface area contributed by atoms with Gasteiger partial charge in [0.1, 0.15) is 0 Å². The predicted octanol–water partition coefficient (Wildman–Crippen LogP) is 5.59. The molecule has 0 fully saturated rings. The molecular formula is C16H26. The lowest BCUT2D eigenvalue weighted by Gasteiger charge is -1.92. The maximum atomic E-state index is 2.25. The number of rotatable bonds is 9. The van der Waals surface area contributed by atoms with E-state index in [9.17, 15) is 0 Å². The van der Waals surface area contributed by atoms with Crippen molar-refractivity contribution in [3.8, 4) is 0 Å². The van der Waals surface area contributed by atoms with E-state index in [1.54, 1.807) is 0 Å². The number of unbranched alkanes of at least 4 members (excludes halogenated alkanes) is 4. The molecule has 0 aromatic carbocycles. The minimum absolute atomic E-state index is 1.10.